The van der Waals surface area contributed by atoms with Gasteiger partial charge in [-0.3, -0.25) is 9.59 Å². The maximum absolute atomic E-state index is 13.0. The summed E-state index contributed by atoms with van der Waals surface area (Å²) in [6, 6.07) is 5.63. The summed E-state index contributed by atoms with van der Waals surface area (Å²) in [5.74, 6) is -0.900. The molecule has 8 heteroatoms. The first-order valence-corrected chi connectivity index (χ1v) is 12.9. The molecule has 1 aliphatic carbocycles. The standard InChI is InChI=1S/C23H32N2O5S/c1-17-5-2-3-12-25(17)22(26)16-30-23(27)19-10-13-24(14-11-19)31(28,29)21-9-8-18-6-4-7-20(18)15-21/h8-9,15,17,19H,2-7,10-14,16H2,1H3. The van der Waals surface area contributed by atoms with E-state index in [1.54, 1.807) is 11.0 Å². The van der Waals surface area contributed by atoms with Crippen molar-refractivity contribution in [1.82, 2.24) is 9.21 Å². The monoisotopic (exact) mass is 448 g/mol. The van der Waals surface area contributed by atoms with Crippen LogP contribution in [0.25, 0.3) is 0 Å². The lowest BCUT2D eigenvalue weighted by atomic mass is 9.98. The Labute approximate surface area is 184 Å². The van der Waals surface area contributed by atoms with Crippen LogP contribution in [0.1, 0.15) is 56.6 Å². The number of likely N-dealkylation sites (tertiary alicyclic amines) is 1. The number of ether oxygens (including phenoxy) is 1. The van der Waals surface area contributed by atoms with Crippen molar-refractivity contribution in [3.05, 3.63) is 29.3 Å². The van der Waals surface area contributed by atoms with E-state index in [0.717, 1.165) is 50.6 Å². The van der Waals surface area contributed by atoms with E-state index >= 15 is 0 Å². The molecule has 1 unspecified atom stereocenters. The molecule has 170 valence electrons. The Bertz CT molecular complexity index is 937. The van der Waals surface area contributed by atoms with Crippen molar-refractivity contribution in [2.75, 3.05) is 26.2 Å². The summed E-state index contributed by atoms with van der Waals surface area (Å²) < 4.78 is 32.9. The molecular weight excluding hydrogens is 416 g/mol. The molecular formula is C23H32N2O5S. The third kappa shape index (κ3) is 4.80. The highest BCUT2D eigenvalue weighted by Crippen LogP contribution is 2.29. The van der Waals surface area contributed by atoms with Gasteiger partial charge in [0.15, 0.2) is 6.61 Å². The Morgan fingerprint density at radius 2 is 1.74 bits per heavy atom. The van der Waals surface area contributed by atoms with Gasteiger partial charge in [-0.05, 0) is 81.5 Å². The number of rotatable bonds is 5. The van der Waals surface area contributed by atoms with Crippen molar-refractivity contribution < 1.29 is 22.7 Å². The minimum Gasteiger partial charge on any atom is -0.455 e. The number of carbonyl (C=O) groups excluding carboxylic acids is 2. The minimum atomic E-state index is -3.56. The van der Waals surface area contributed by atoms with Gasteiger partial charge in [-0.15, -0.1) is 0 Å². The van der Waals surface area contributed by atoms with Gasteiger partial charge in [0, 0.05) is 25.7 Å². The molecule has 2 heterocycles. The second kappa shape index (κ2) is 9.28. The van der Waals surface area contributed by atoms with Gasteiger partial charge in [-0.1, -0.05) is 6.07 Å². The molecule has 2 saturated heterocycles. The second-order valence-electron chi connectivity index (χ2n) is 9.00. The Morgan fingerprint density at radius 1 is 1.00 bits per heavy atom. The second-order valence-corrected chi connectivity index (χ2v) is 10.9. The molecule has 4 rings (SSSR count). The zero-order valence-corrected chi connectivity index (χ0v) is 19.0. The molecule has 1 amide bonds. The molecule has 0 N–H and O–H groups in total. The van der Waals surface area contributed by atoms with Crippen LogP contribution >= 0.6 is 0 Å². The van der Waals surface area contributed by atoms with Crippen LogP contribution in [0.5, 0.6) is 0 Å². The van der Waals surface area contributed by atoms with Crippen LogP contribution in [-0.2, 0) is 37.2 Å². The lowest BCUT2D eigenvalue weighted by molar-refractivity contribution is -0.157. The van der Waals surface area contributed by atoms with Crippen LogP contribution in [0.3, 0.4) is 0 Å². The first kappa shape index (κ1) is 22.3. The normalized spacial score (nSPS) is 22.9. The van der Waals surface area contributed by atoms with Crippen molar-refractivity contribution in [2.45, 2.75) is 69.2 Å². The highest BCUT2D eigenvalue weighted by atomic mass is 32.2. The molecule has 1 atom stereocenters. The number of aryl methyl sites for hydroxylation is 2. The average molecular weight is 449 g/mol. The van der Waals surface area contributed by atoms with Crippen molar-refractivity contribution in [1.29, 1.82) is 0 Å². The van der Waals surface area contributed by atoms with Crippen LogP contribution in [0.2, 0.25) is 0 Å². The summed E-state index contributed by atoms with van der Waals surface area (Å²) in [6.45, 7) is 3.09. The Morgan fingerprint density at radius 3 is 2.48 bits per heavy atom. The third-order valence-corrected chi connectivity index (χ3v) is 8.85. The number of nitrogens with zero attached hydrogens (tertiary/aromatic N) is 2. The predicted octanol–water partition coefficient (Wildman–Crippen LogP) is 2.52. The van der Waals surface area contributed by atoms with Crippen molar-refractivity contribution in [2.24, 2.45) is 5.92 Å². The quantitative estimate of drug-likeness (QED) is 0.647. The van der Waals surface area contributed by atoms with Crippen molar-refractivity contribution in [3.8, 4) is 0 Å². The molecule has 7 nitrogen and oxygen atoms in total. The van der Waals surface area contributed by atoms with Gasteiger partial charge in [0.1, 0.15) is 0 Å². The van der Waals surface area contributed by atoms with Crippen LogP contribution in [0.4, 0.5) is 0 Å². The Hall–Kier alpha value is -1.93. The predicted molar refractivity (Wildman–Crippen MR) is 116 cm³/mol. The topological polar surface area (TPSA) is 84.0 Å². The van der Waals surface area contributed by atoms with Gasteiger partial charge in [-0.2, -0.15) is 4.31 Å². The molecule has 0 radical (unpaired) electrons. The highest BCUT2D eigenvalue weighted by Gasteiger charge is 2.34. The summed E-state index contributed by atoms with van der Waals surface area (Å²) in [6.07, 6.45) is 6.94. The fourth-order valence-corrected chi connectivity index (χ4v) is 6.51. The summed E-state index contributed by atoms with van der Waals surface area (Å²) in [7, 11) is -3.56. The average Bonchev–Trinajstić information content (AvgIpc) is 3.25. The van der Waals surface area contributed by atoms with Crippen LogP contribution < -0.4 is 0 Å². The summed E-state index contributed by atoms with van der Waals surface area (Å²) in [4.78, 5) is 27.0. The molecule has 0 aromatic heterocycles. The lowest BCUT2D eigenvalue weighted by Crippen LogP contribution is -2.45. The van der Waals surface area contributed by atoms with Gasteiger partial charge in [-0.25, -0.2) is 8.42 Å². The lowest BCUT2D eigenvalue weighted by Gasteiger charge is -2.33. The molecule has 0 saturated carbocycles. The van der Waals surface area contributed by atoms with E-state index in [0.29, 0.717) is 17.7 Å². The number of hydrogen-bond acceptors (Lipinski definition) is 5. The molecule has 1 aromatic carbocycles. The van der Waals surface area contributed by atoms with Crippen LogP contribution in [0, 0.1) is 5.92 Å². The van der Waals surface area contributed by atoms with Crippen LogP contribution in [0.15, 0.2) is 23.1 Å². The molecule has 3 aliphatic rings. The number of hydrogen-bond donors (Lipinski definition) is 0. The number of fused-ring (bicyclic) bond motifs is 1. The van der Waals surface area contributed by atoms with E-state index in [1.807, 2.05) is 19.1 Å². The first-order chi connectivity index (χ1) is 14.9. The number of amides is 1. The van der Waals surface area contributed by atoms with E-state index in [2.05, 4.69) is 0 Å². The summed E-state index contributed by atoms with van der Waals surface area (Å²) in [5, 5.41) is 0. The maximum Gasteiger partial charge on any atom is 0.309 e. The number of sulfonamides is 1. The third-order valence-electron chi connectivity index (χ3n) is 6.96. The smallest absolute Gasteiger partial charge is 0.309 e. The van der Waals surface area contributed by atoms with Crippen LogP contribution in [-0.4, -0.2) is 61.8 Å². The molecule has 0 spiro atoms. The van der Waals surface area contributed by atoms with E-state index in [-0.39, 0.29) is 37.6 Å². The number of piperidine rings is 2. The largest absolute Gasteiger partial charge is 0.455 e. The van der Waals surface area contributed by atoms with E-state index < -0.39 is 16.0 Å². The number of carbonyl (C=O) groups is 2. The van der Waals surface area contributed by atoms with Crippen molar-refractivity contribution >= 4 is 21.9 Å². The first-order valence-electron chi connectivity index (χ1n) is 11.4. The van der Waals surface area contributed by atoms with Gasteiger partial charge >= 0.3 is 5.97 Å². The summed E-state index contributed by atoms with van der Waals surface area (Å²) in [5.41, 5.74) is 2.38. The fraction of sp³-hybridized carbons (Fsp3) is 0.652. The van der Waals surface area contributed by atoms with Gasteiger partial charge < -0.3 is 9.64 Å². The molecule has 2 fully saturated rings. The SMILES string of the molecule is CC1CCCCN1C(=O)COC(=O)C1CCN(S(=O)(=O)c2ccc3c(c2)CCC3)CC1. The fourth-order valence-electron chi connectivity index (χ4n) is 4.99. The van der Waals surface area contributed by atoms with Gasteiger partial charge in [0.2, 0.25) is 10.0 Å². The number of esters is 1. The van der Waals surface area contributed by atoms with E-state index in [9.17, 15) is 18.0 Å². The zero-order valence-electron chi connectivity index (χ0n) is 18.2. The zero-order chi connectivity index (χ0) is 22.0. The number of benzene rings is 1. The molecule has 31 heavy (non-hydrogen) atoms. The minimum absolute atomic E-state index is 0.142. The summed E-state index contributed by atoms with van der Waals surface area (Å²) >= 11 is 0. The molecule has 2 aliphatic heterocycles. The maximum atomic E-state index is 13.0. The van der Waals surface area contributed by atoms with Crippen molar-refractivity contribution in [3.63, 3.8) is 0 Å². The van der Waals surface area contributed by atoms with Gasteiger partial charge in [0.05, 0.1) is 10.8 Å². The van der Waals surface area contributed by atoms with Gasteiger partial charge in [0.25, 0.3) is 5.91 Å². The Kier molecular flexibility index (Phi) is 6.67. The molecule has 1 aromatic rings. The Balaban J connectivity index is 1.29. The van der Waals surface area contributed by atoms with E-state index in [4.69, 9.17) is 4.74 Å². The highest BCUT2D eigenvalue weighted by molar-refractivity contribution is 7.89. The van der Waals surface area contributed by atoms with E-state index in [1.165, 1.54) is 9.87 Å². The molecule has 0 bridgehead atoms.